The first-order valence-corrected chi connectivity index (χ1v) is 4.95. The fourth-order valence-electron chi connectivity index (χ4n) is 1.48. The molecule has 0 fully saturated rings. The van der Waals surface area contributed by atoms with Gasteiger partial charge in [-0.2, -0.15) is 5.10 Å². The molecule has 0 aliphatic rings. The highest BCUT2D eigenvalue weighted by Gasteiger charge is 2.33. The highest BCUT2D eigenvalue weighted by Crippen LogP contribution is 2.33. The second-order valence-electron chi connectivity index (χ2n) is 4.00. The molecule has 0 radical (unpaired) electrons. The van der Waals surface area contributed by atoms with Crippen LogP contribution in [0.15, 0.2) is 6.20 Å². The molecule has 0 amide bonds. The van der Waals surface area contributed by atoms with E-state index >= 15 is 0 Å². The third kappa shape index (κ3) is 2.12. The third-order valence-corrected chi connectivity index (χ3v) is 2.35. The average Bonchev–Trinajstić information content (AvgIpc) is 2.61. The minimum absolute atomic E-state index is 0.0746. The van der Waals surface area contributed by atoms with Crippen LogP contribution < -0.4 is 10.5 Å². The van der Waals surface area contributed by atoms with Gasteiger partial charge in [-0.05, 0) is 20.8 Å². The van der Waals surface area contributed by atoms with E-state index in [1.807, 2.05) is 13.8 Å². The monoisotopic (exact) mass is 215 g/mol. The van der Waals surface area contributed by atoms with Crippen LogP contribution in [0.2, 0.25) is 0 Å². The molecule has 0 bridgehead atoms. The Morgan fingerprint density at radius 3 is 2.67 bits per heavy atom. The maximum absolute atomic E-state index is 14.2. The summed E-state index contributed by atoms with van der Waals surface area (Å²) >= 11 is 0. The van der Waals surface area contributed by atoms with Crippen LogP contribution in [0, 0.1) is 0 Å². The van der Waals surface area contributed by atoms with Crippen molar-refractivity contribution in [1.82, 2.24) is 9.78 Å². The first-order valence-electron chi connectivity index (χ1n) is 4.95. The van der Waals surface area contributed by atoms with Crippen LogP contribution in [0.3, 0.4) is 0 Å². The number of ether oxygens (including phenoxy) is 1. The number of hydrogen-bond donors (Lipinski definition) is 1. The zero-order valence-electron chi connectivity index (χ0n) is 9.62. The lowest BCUT2D eigenvalue weighted by Crippen LogP contribution is -2.30. The van der Waals surface area contributed by atoms with Gasteiger partial charge in [0.1, 0.15) is 5.69 Å². The predicted molar refractivity (Wildman–Crippen MR) is 56.7 cm³/mol. The molecule has 1 heterocycles. The third-order valence-electron chi connectivity index (χ3n) is 2.35. The predicted octanol–water partition coefficient (Wildman–Crippen LogP) is 1.62. The van der Waals surface area contributed by atoms with Crippen molar-refractivity contribution in [3.63, 3.8) is 0 Å². The molecule has 15 heavy (non-hydrogen) atoms. The number of hydrogen-bond acceptors (Lipinski definition) is 3. The number of aromatic nitrogens is 2. The van der Waals surface area contributed by atoms with E-state index in [4.69, 9.17) is 10.5 Å². The normalized spacial score (nSPS) is 15.4. The van der Waals surface area contributed by atoms with Crippen molar-refractivity contribution in [2.45, 2.75) is 32.5 Å². The van der Waals surface area contributed by atoms with Gasteiger partial charge < -0.3 is 10.5 Å². The molecule has 1 aromatic rings. The van der Waals surface area contributed by atoms with Crippen LogP contribution in [0.1, 0.15) is 32.5 Å². The van der Waals surface area contributed by atoms with Gasteiger partial charge in [0.15, 0.2) is 11.4 Å². The number of rotatable bonds is 4. The van der Waals surface area contributed by atoms with Crippen LogP contribution in [-0.2, 0) is 5.67 Å². The van der Waals surface area contributed by atoms with Gasteiger partial charge in [0.2, 0.25) is 0 Å². The second-order valence-corrected chi connectivity index (χ2v) is 4.00. The first-order chi connectivity index (χ1) is 6.94. The van der Waals surface area contributed by atoms with Crippen molar-refractivity contribution in [1.29, 1.82) is 0 Å². The summed E-state index contributed by atoms with van der Waals surface area (Å²) in [7, 11) is 1.50. The molecule has 0 aromatic carbocycles. The lowest BCUT2D eigenvalue weighted by atomic mass is 10.0. The molecule has 86 valence electrons. The fourth-order valence-corrected chi connectivity index (χ4v) is 1.48. The SMILES string of the molecule is COc1cnn(C(C)C)c1C(C)(F)CN. The molecule has 4 nitrogen and oxygen atoms in total. The van der Waals surface area contributed by atoms with Crippen molar-refractivity contribution < 1.29 is 9.13 Å². The van der Waals surface area contributed by atoms with E-state index in [1.165, 1.54) is 20.2 Å². The molecule has 0 spiro atoms. The Hall–Kier alpha value is -1.10. The van der Waals surface area contributed by atoms with Gasteiger partial charge in [-0.1, -0.05) is 0 Å². The standard InChI is InChI=1S/C10H18FN3O/c1-7(2)14-9(10(3,11)6-12)8(15-4)5-13-14/h5,7H,6,12H2,1-4H3. The molecule has 5 heteroatoms. The van der Waals surface area contributed by atoms with Crippen LogP contribution in [-0.4, -0.2) is 23.4 Å². The Labute approximate surface area is 89.2 Å². The van der Waals surface area contributed by atoms with Crippen LogP contribution in [0.4, 0.5) is 4.39 Å². The molecule has 1 rings (SSSR count). The van der Waals surface area contributed by atoms with Crippen molar-refractivity contribution in [2.75, 3.05) is 13.7 Å². The van der Waals surface area contributed by atoms with Crippen molar-refractivity contribution in [3.05, 3.63) is 11.9 Å². The van der Waals surface area contributed by atoms with E-state index in [1.54, 1.807) is 4.68 Å². The topological polar surface area (TPSA) is 53.1 Å². The summed E-state index contributed by atoms with van der Waals surface area (Å²) in [6.07, 6.45) is 1.52. The van der Waals surface area contributed by atoms with Gasteiger partial charge in [-0.3, -0.25) is 4.68 Å². The lowest BCUT2D eigenvalue weighted by Gasteiger charge is -2.22. The molecule has 1 atom stereocenters. The summed E-state index contributed by atoms with van der Waals surface area (Å²) in [6, 6.07) is 0.0746. The fraction of sp³-hybridized carbons (Fsp3) is 0.700. The number of alkyl halides is 1. The van der Waals surface area contributed by atoms with E-state index in [0.717, 1.165) is 0 Å². The van der Waals surface area contributed by atoms with Gasteiger partial charge >= 0.3 is 0 Å². The summed E-state index contributed by atoms with van der Waals surface area (Å²) in [5.74, 6) is 0.444. The summed E-state index contributed by atoms with van der Waals surface area (Å²) in [5, 5.41) is 4.10. The van der Waals surface area contributed by atoms with Crippen molar-refractivity contribution in [3.8, 4) is 5.75 Å². The minimum atomic E-state index is -1.62. The maximum atomic E-state index is 14.2. The van der Waals surface area contributed by atoms with Crippen molar-refractivity contribution in [2.24, 2.45) is 5.73 Å². The molecular weight excluding hydrogens is 197 g/mol. The highest BCUT2D eigenvalue weighted by molar-refractivity contribution is 5.31. The van der Waals surface area contributed by atoms with E-state index in [0.29, 0.717) is 11.4 Å². The number of halogens is 1. The van der Waals surface area contributed by atoms with Crippen molar-refractivity contribution >= 4 is 0 Å². The maximum Gasteiger partial charge on any atom is 0.165 e. The second kappa shape index (κ2) is 4.18. The number of methoxy groups -OCH3 is 1. The van der Waals surface area contributed by atoms with Crippen LogP contribution in [0.5, 0.6) is 5.75 Å². The van der Waals surface area contributed by atoms with Gasteiger partial charge in [0.05, 0.1) is 13.3 Å². The Morgan fingerprint density at radius 1 is 1.67 bits per heavy atom. The number of nitrogens with two attached hydrogens (primary N) is 1. The lowest BCUT2D eigenvalue weighted by molar-refractivity contribution is 0.177. The van der Waals surface area contributed by atoms with Crippen LogP contribution >= 0.6 is 0 Å². The summed E-state index contributed by atoms with van der Waals surface area (Å²) < 4.78 is 20.9. The zero-order valence-corrected chi connectivity index (χ0v) is 9.62. The molecule has 1 aromatic heterocycles. The average molecular weight is 215 g/mol. The molecule has 0 aliphatic heterocycles. The Kier molecular flexibility index (Phi) is 3.34. The Balaban J connectivity index is 3.28. The zero-order chi connectivity index (χ0) is 11.6. The Morgan fingerprint density at radius 2 is 2.27 bits per heavy atom. The molecule has 0 aliphatic carbocycles. The minimum Gasteiger partial charge on any atom is -0.493 e. The van der Waals surface area contributed by atoms with E-state index < -0.39 is 5.67 Å². The highest BCUT2D eigenvalue weighted by atomic mass is 19.1. The molecule has 1 unspecified atom stereocenters. The smallest absolute Gasteiger partial charge is 0.165 e. The Bertz CT molecular complexity index is 333. The summed E-state index contributed by atoms with van der Waals surface area (Å²) in [5.41, 5.74) is 4.20. The molecule has 2 N–H and O–H groups in total. The summed E-state index contributed by atoms with van der Waals surface area (Å²) in [6.45, 7) is 5.21. The number of nitrogens with zero attached hydrogens (tertiary/aromatic N) is 2. The first kappa shape index (κ1) is 12.0. The van der Waals surface area contributed by atoms with E-state index in [9.17, 15) is 4.39 Å². The quantitative estimate of drug-likeness (QED) is 0.830. The van der Waals surface area contributed by atoms with E-state index in [2.05, 4.69) is 5.10 Å². The van der Waals surface area contributed by atoms with Crippen LogP contribution in [0.25, 0.3) is 0 Å². The van der Waals surface area contributed by atoms with Gasteiger partial charge in [0, 0.05) is 12.6 Å². The molecular formula is C10H18FN3O. The van der Waals surface area contributed by atoms with Gasteiger partial charge in [-0.25, -0.2) is 4.39 Å². The van der Waals surface area contributed by atoms with E-state index in [-0.39, 0.29) is 12.6 Å². The van der Waals surface area contributed by atoms with Gasteiger partial charge in [-0.15, -0.1) is 0 Å². The molecule has 0 saturated carbocycles. The summed E-state index contributed by atoms with van der Waals surface area (Å²) in [4.78, 5) is 0. The van der Waals surface area contributed by atoms with Gasteiger partial charge in [0.25, 0.3) is 0 Å². The largest absolute Gasteiger partial charge is 0.493 e. The molecule has 0 saturated heterocycles.